The van der Waals surface area contributed by atoms with Crippen LogP contribution in [-0.4, -0.2) is 44.4 Å². The van der Waals surface area contributed by atoms with E-state index in [1.165, 1.54) is 11.3 Å². The first-order chi connectivity index (χ1) is 11.1. The Morgan fingerprint density at radius 2 is 2.04 bits per heavy atom. The van der Waals surface area contributed by atoms with Gasteiger partial charge in [0.1, 0.15) is 10.3 Å². The predicted octanol–water partition coefficient (Wildman–Crippen LogP) is 1.72. The lowest BCUT2D eigenvalue weighted by molar-refractivity contribution is -0.130. The zero-order valence-electron chi connectivity index (χ0n) is 13.0. The van der Waals surface area contributed by atoms with Crippen molar-refractivity contribution < 1.29 is 17.9 Å². The number of piperidine rings is 1. The van der Waals surface area contributed by atoms with E-state index in [2.05, 4.69) is 5.32 Å². The van der Waals surface area contributed by atoms with E-state index in [4.69, 9.17) is 4.74 Å². The maximum Gasteiger partial charge on any atom is 0.252 e. The van der Waals surface area contributed by atoms with Gasteiger partial charge in [0.25, 0.3) is 10.0 Å². The summed E-state index contributed by atoms with van der Waals surface area (Å²) in [6.07, 6.45) is 4.26. The van der Waals surface area contributed by atoms with Crippen LogP contribution in [0.3, 0.4) is 0 Å². The molecule has 0 radical (unpaired) electrons. The van der Waals surface area contributed by atoms with Gasteiger partial charge in [-0.1, -0.05) is 6.42 Å². The minimum Gasteiger partial charge on any atom is -0.368 e. The third kappa shape index (κ3) is 3.93. The maximum atomic E-state index is 12.6. The molecule has 8 heteroatoms. The molecule has 2 aliphatic rings. The summed E-state index contributed by atoms with van der Waals surface area (Å²) in [6.45, 7) is 2.19. The minimum atomic E-state index is -3.38. The zero-order valence-corrected chi connectivity index (χ0v) is 14.6. The number of carbonyl (C=O) groups is 1. The van der Waals surface area contributed by atoms with Crippen LogP contribution in [0.2, 0.25) is 0 Å². The van der Waals surface area contributed by atoms with Gasteiger partial charge in [-0.2, -0.15) is 4.31 Å². The van der Waals surface area contributed by atoms with Crippen LogP contribution in [0.5, 0.6) is 0 Å². The van der Waals surface area contributed by atoms with E-state index in [0.29, 0.717) is 30.5 Å². The fraction of sp³-hybridized carbons (Fsp3) is 0.667. The van der Waals surface area contributed by atoms with E-state index < -0.39 is 10.0 Å². The molecule has 1 amide bonds. The number of nitrogens with zero attached hydrogens (tertiary/aromatic N) is 1. The van der Waals surface area contributed by atoms with Crippen LogP contribution >= 0.6 is 11.3 Å². The predicted molar refractivity (Wildman–Crippen MR) is 87.7 cm³/mol. The van der Waals surface area contributed by atoms with Crippen molar-refractivity contribution in [3.63, 3.8) is 0 Å². The van der Waals surface area contributed by atoms with E-state index in [0.717, 1.165) is 37.0 Å². The second-order valence-corrected chi connectivity index (χ2v) is 9.24. The van der Waals surface area contributed by atoms with Crippen LogP contribution in [0.25, 0.3) is 0 Å². The highest BCUT2D eigenvalue weighted by Crippen LogP contribution is 2.27. The first-order valence-corrected chi connectivity index (χ1v) is 10.3. The average molecular weight is 358 g/mol. The molecule has 0 spiro atoms. The molecule has 2 saturated heterocycles. The van der Waals surface area contributed by atoms with Crippen LogP contribution in [0.15, 0.2) is 16.3 Å². The molecule has 1 atom stereocenters. The second kappa shape index (κ2) is 7.29. The quantitative estimate of drug-likeness (QED) is 0.869. The topological polar surface area (TPSA) is 75.7 Å². The fourth-order valence-corrected chi connectivity index (χ4v) is 5.86. The van der Waals surface area contributed by atoms with E-state index >= 15 is 0 Å². The van der Waals surface area contributed by atoms with Gasteiger partial charge in [0.2, 0.25) is 5.91 Å². The van der Waals surface area contributed by atoms with E-state index in [9.17, 15) is 13.2 Å². The molecule has 0 saturated carbocycles. The normalized spacial score (nSPS) is 23.0. The van der Waals surface area contributed by atoms with Crippen molar-refractivity contribution in [2.45, 2.75) is 49.0 Å². The summed E-state index contributed by atoms with van der Waals surface area (Å²) in [7, 11) is -3.38. The second-order valence-electron chi connectivity index (χ2n) is 5.90. The molecule has 1 N–H and O–H groups in total. The summed E-state index contributed by atoms with van der Waals surface area (Å²) < 4.78 is 32.4. The zero-order chi connectivity index (χ0) is 16.3. The molecule has 1 aromatic heterocycles. The molecule has 0 aromatic carbocycles. The molecule has 0 unspecified atom stereocenters. The summed E-state index contributed by atoms with van der Waals surface area (Å²) in [5, 5.41) is 2.82. The molecule has 3 rings (SSSR count). The molecular formula is C15H22N2O4S2. The maximum absolute atomic E-state index is 12.6. The summed E-state index contributed by atoms with van der Waals surface area (Å²) in [4.78, 5) is 12.8. The van der Waals surface area contributed by atoms with Crippen molar-refractivity contribution in [2.75, 3.05) is 19.7 Å². The third-order valence-electron chi connectivity index (χ3n) is 4.21. The summed E-state index contributed by atoms with van der Waals surface area (Å²) in [5.41, 5.74) is 0. The largest absolute Gasteiger partial charge is 0.368 e. The highest BCUT2D eigenvalue weighted by Gasteiger charge is 2.28. The fourth-order valence-electron chi connectivity index (χ4n) is 2.90. The molecule has 6 nitrogen and oxygen atoms in total. The number of ether oxygens (including phenoxy) is 1. The lowest BCUT2D eigenvalue weighted by Gasteiger charge is -2.25. The molecule has 0 bridgehead atoms. The highest BCUT2D eigenvalue weighted by atomic mass is 32.2. The summed E-state index contributed by atoms with van der Waals surface area (Å²) >= 11 is 1.23. The van der Waals surface area contributed by atoms with E-state index in [1.54, 1.807) is 16.4 Å². The van der Waals surface area contributed by atoms with Gasteiger partial charge in [0, 0.05) is 24.6 Å². The van der Waals surface area contributed by atoms with Gasteiger partial charge in [-0.15, -0.1) is 11.3 Å². The number of sulfonamides is 1. The SMILES string of the molecule is O=C(NCc1ccc(S(=O)(=O)N2CCCCC2)s1)[C@@H]1CCCO1. The van der Waals surface area contributed by atoms with Crippen LogP contribution in [-0.2, 0) is 26.1 Å². The number of carbonyl (C=O) groups excluding carboxylic acids is 1. The average Bonchev–Trinajstić information content (AvgIpc) is 3.25. The van der Waals surface area contributed by atoms with Crippen molar-refractivity contribution in [1.29, 1.82) is 0 Å². The molecule has 128 valence electrons. The lowest BCUT2D eigenvalue weighted by Crippen LogP contribution is -2.35. The highest BCUT2D eigenvalue weighted by molar-refractivity contribution is 7.91. The Hall–Kier alpha value is -0.960. The standard InChI is InChI=1S/C15H22N2O4S2/c18-15(13-5-4-10-21-13)16-11-12-6-7-14(22-12)23(19,20)17-8-2-1-3-9-17/h6-7,13H,1-5,8-11H2,(H,16,18)/t13-/m0/s1. The Labute approximate surface area is 140 Å². The van der Waals surface area contributed by atoms with Gasteiger partial charge in [-0.25, -0.2) is 8.42 Å². The van der Waals surface area contributed by atoms with Crippen molar-refractivity contribution in [3.8, 4) is 0 Å². The van der Waals surface area contributed by atoms with Crippen molar-refractivity contribution >= 4 is 27.3 Å². The lowest BCUT2D eigenvalue weighted by atomic mass is 10.2. The van der Waals surface area contributed by atoms with Crippen LogP contribution < -0.4 is 5.32 Å². The molecule has 2 aliphatic heterocycles. The van der Waals surface area contributed by atoms with Crippen LogP contribution in [0.4, 0.5) is 0 Å². The Kier molecular flexibility index (Phi) is 5.35. The van der Waals surface area contributed by atoms with Gasteiger partial charge in [0.05, 0.1) is 6.54 Å². The van der Waals surface area contributed by atoms with Crippen molar-refractivity contribution in [3.05, 3.63) is 17.0 Å². The van der Waals surface area contributed by atoms with E-state index in [-0.39, 0.29) is 12.0 Å². The number of hydrogen-bond acceptors (Lipinski definition) is 5. The van der Waals surface area contributed by atoms with Crippen molar-refractivity contribution in [1.82, 2.24) is 9.62 Å². The Bertz CT molecular complexity index is 644. The molecule has 2 fully saturated rings. The first kappa shape index (κ1) is 16.9. The Morgan fingerprint density at radius 1 is 1.26 bits per heavy atom. The van der Waals surface area contributed by atoms with Gasteiger partial charge >= 0.3 is 0 Å². The smallest absolute Gasteiger partial charge is 0.252 e. The Morgan fingerprint density at radius 3 is 2.74 bits per heavy atom. The monoisotopic (exact) mass is 358 g/mol. The van der Waals surface area contributed by atoms with Gasteiger partial charge < -0.3 is 10.1 Å². The third-order valence-corrected chi connectivity index (χ3v) is 7.66. The van der Waals surface area contributed by atoms with Crippen molar-refractivity contribution in [2.24, 2.45) is 0 Å². The summed E-state index contributed by atoms with van der Waals surface area (Å²) in [6, 6.07) is 3.42. The minimum absolute atomic E-state index is 0.115. The number of thiophene rings is 1. The molecule has 1 aromatic rings. The summed E-state index contributed by atoms with van der Waals surface area (Å²) in [5.74, 6) is -0.115. The number of rotatable bonds is 5. The van der Waals surface area contributed by atoms with Gasteiger partial charge in [-0.3, -0.25) is 4.79 Å². The molecule has 23 heavy (non-hydrogen) atoms. The molecular weight excluding hydrogens is 336 g/mol. The van der Waals surface area contributed by atoms with Gasteiger partial charge in [0.15, 0.2) is 0 Å². The number of nitrogens with one attached hydrogen (secondary N) is 1. The number of hydrogen-bond donors (Lipinski definition) is 1. The Balaban J connectivity index is 1.59. The first-order valence-electron chi connectivity index (χ1n) is 8.05. The van der Waals surface area contributed by atoms with Gasteiger partial charge in [-0.05, 0) is 37.8 Å². The number of amides is 1. The van der Waals surface area contributed by atoms with Crippen LogP contribution in [0.1, 0.15) is 37.0 Å². The molecule has 3 heterocycles. The molecule has 0 aliphatic carbocycles. The van der Waals surface area contributed by atoms with E-state index in [1.807, 2.05) is 0 Å². The van der Waals surface area contributed by atoms with Crippen LogP contribution in [0, 0.1) is 0 Å².